The minimum absolute atomic E-state index is 0.0677. The van der Waals surface area contributed by atoms with Gasteiger partial charge < -0.3 is 5.11 Å². The average molecular weight is 398 g/mol. The Kier molecular flexibility index (Phi) is 4.93. The van der Waals surface area contributed by atoms with Gasteiger partial charge >= 0.3 is 5.97 Å². The van der Waals surface area contributed by atoms with Gasteiger partial charge in [0, 0.05) is 15.8 Å². The molecule has 2 aliphatic rings. The molecular weight excluding hydrogens is 376 g/mol. The number of carboxylic acids is 1. The van der Waals surface area contributed by atoms with E-state index >= 15 is 0 Å². The van der Waals surface area contributed by atoms with E-state index in [0.717, 1.165) is 35.3 Å². The van der Waals surface area contributed by atoms with Gasteiger partial charge in [0.25, 0.3) is 5.91 Å². The van der Waals surface area contributed by atoms with Gasteiger partial charge in [0.05, 0.1) is 17.4 Å². The van der Waals surface area contributed by atoms with Crippen LogP contribution in [0, 0.1) is 30.6 Å². The lowest BCUT2D eigenvalue weighted by atomic mass is 9.79. The van der Waals surface area contributed by atoms with Crippen LogP contribution in [0.2, 0.25) is 0 Å². The summed E-state index contributed by atoms with van der Waals surface area (Å²) in [5.41, 5.74) is 7.26. The lowest BCUT2D eigenvalue weighted by Gasteiger charge is -2.27. The number of hydrogen-bond donors (Lipinski definition) is 3. The van der Waals surface area contributed by atoms with Gasteiger partial charge in [-0.2, -0.15) is 0 Å². The average Bonchev–Trinajstić information content (AvgIpc) is 3.40. The van der Waals surface area contributed by atoms with E-state index in [0.29, 0.717) is 5.56 Å². The molecule has 1 aromatic carbocycles. The number of carbonyl (C=O) groups is 3. The van der Waals surface area contributed by atoms with Crippen molar-refractivity contribution in [3.8, 4) is 11.1 Å². The van der Waals surface area contributed by atoms with Crippen molar-refractivity contribution >= 4 is 29.1 Å². The fourth-order valence-corrected chi connectivity index (χ4v) is 5.74. The maximum atomic E-state index is 12.7. The molecule has 146 valence electrons. The predicted octanol–water partition coefficient (Wildman–Crippen LogP) is 3.23. The molecule has 1 heterocycles. The highest BCUT2D eigenvalue weighted by Crippen LogP contribution is 2.52. The summed E-state index contributed by atoms with van der Waals surface area (Å²) in [6, 6.07) is 9.63. The van der Waals surface area contributed by atoms with Gasteiger partial charge in [-0.25, -0.2) is 0 Å². The Hall–Kier alpha value is -2.67. The number of aliphatic carboxylic acids is 1. The molecule has 2 saturated carbocycles. The van der Waals surface area contributed by atoms with Crippen molar-refractivity contribution in [3.63, 3.8) is 0 Å². The maximum absolute atomic E-state index is 12.7. The summed E-state index contributed by atoms with van der Waals surface area (Å²) in [4.78, 5) is 38.0. The van der Waals surface area contributed by atoms with Gasteiger partial charge in [-0.1, -0.05) is 30.3 Å². The van der Waals surface area contributed by atoms with E-state index in [-0.39, 0.29) is 11.8 Å². The Bertz CT molecular complexity index is 924. The topological polar surface area (TPSA) is 95.5 Å². The van der Waals surface area contributed by atoms with E-state index in [1.807, 2.05) is 37.3 Å². The number of rotatable bonds is 4. The zero-order chi connectivity index (χ0) is 19.8. The lowest BCUT2D eigenvalue weighted by Crippen LogP contribution is -2.48. The second-order valence-corrected chi connectivity index (χ2v) is 8.70. The first kappa shape index (κ1) is 18.7. The van der Waals surface area contributed by atoms with Crippen molar-refractivity contribution in [1.29, 1.82) is 0 Å². The summed E-state index contributed by atoms with van der Waals surface area (Å²) >= 11 is 1.48. The lowest BCUT2D eigenvalue weighted by molar-refractivity contribution is -0.149. The standard InChI is InChI=1S/C21H22N2O4S/c1-11-16(12-5-3-2-4-6-12)15(10-28-11)19(24)22-23-20(25)17-13-7-8-14(9-13)18(17)21(26)27/h2-6,10,13-14,17-18H,7-9H2,1H3,(H,22,24)(H,23,25)(H,26,27)/t13-,14-,17+,18-/m0/s1. The molecule has 1 aromatic heterocycles. The third-order valence-corrected chi connectivity index (χ3v) is 7.00. The summed E-state index contributed by atoms with van der Waals surface area (Å²) in [7, 11) is 0. The van der Waals surface area contributed by atoms with Gasteiger partial charge in [0.2, 0.25) is 5.91 Å². The second kappa shape index (κ2) is 7.39. The summed E-state index contributed by atoms with van der Waals surface area (Å²) in [6.07, 6.45) is 2.53. The summed E-state index contributed by atoms with van der Waals surface area (Å²) in [5.74, 6) is -2.79. The van der Waals surface area contributed by atoms with Crippen LogP contribution >= 0.6 is 11.3 Å². The minimum atomic E-state index is -0.918. The normalized spacial score (nSPS) is 25.5. The number of thiophene rings is 1. The van der Waals surface area contributed by atoms with Crippen LogP contribution in [0.15, 0.2) is 35.7 Å². The molecule has 0 spiro atoms. The third-order valence-electron chi connectivity index (χ3n) is 6.09. The van der Waals surface area contributed by atoms with Crippen LogP contribution in [-0.4, -0.2) is 22.9 Å². The highest BCUT2D eigenvalue weighted by atomic mass is 32.1. The van der Waals surface area contributed by atoms with E-state index in [1.165, 1.54) is 11.3 Å². The van der Waals surface area contributed by atoms with E-state index in [1.54, 1.807) is 5.38 Å². The molecule has 2 bridgehead atoms. The SMILES string of the molecule is Cc1scc(C(=O)NNC(=O)[C@@H]2[C@H]3CC[C@@H](C3)[C@@H]2C(=O)O)c1-c1ccccc1. The van der Waals surface area contributed by atoms with Crippen molar-refractivity contribution in [1.82, 2.24) is 10.9 Å². The van der Waals surface area contributed by atoms with E-state index in [9.17, 15) is 19.5 Å². The predicted molar refractivity (Wildman–Crippen MR) is 106 cm³/mol. The molecular formula is C21H22N2O4S. The second-order valence-electron chi connectivity index (χ2n) is 7.61. The highest BCUT2D eigenvalue weighted by molar-refractivity contribution is 7.10. The number of benzene rings is 1. The van der Waals surface area contributed by atoms with Crippen LogP contribution in [0.5, 0.6) is 0 Å². The molecule has 0 unspecified atom stereocenters. The van der Waals surface area contributed by atoms with Crippen molar-refractivity contribution in [2.45, 2.75) is 26.2 Å². The quantitative estimate of drug-likeness (QED) is 0.689. The molecule has 7 heteroatoms. The van der Waals surface area contributed by atoms with Gasteiger partial charge in [-0.3, -0.25) is 25.2 Å². The van der Waals surface area contributed by atoms with Crippen molar-refractivity contribution < 1.29 is 19.5 Å². The Morgan fingerprint density at radius 3 is 2.39 bits per heavy atom. The van der Waals surface area contributed by atoms with Gasteiger partial charge in [0.1, 0.15) is 0 Å². The van der Waals surface area contributed by atoms with E-state index in [2.05, 4.69) is 10.9 Å². The molecule has 2 aliphatic carbocycles. The molecule has 4 rings (SSSR count). The Labute approximate surface area is 166 Å². The van der Waals surface area contributed by atoms with E-state index in [4.69, 9.17) is 0 Å². The molecule has 2 fully saturated rings. The van der Waals surface area contributed by atoms with Crippen molar-refractivity contribution in [2.24, 2.45) is 23.7 Å². The van der Waals surface area contributed by atoms with E-state index < -0.39 is 29.6 Å². The van der Waals surface area contributed by atoms with Crippen LogP contribution in [0.4, 0.5) is 0 Å². The zero-order valence-electron chi connectivity index (χ0n) is 15.5. The van der Waals surface area contributed by atoms with Crippen LogP contribution in [0.3, 0.4) is 0 Å². The van der Waals surface area contributed by atoms with Crippen molar-refractivity contribution in [2.75, 3.05) is 0 Å². The molecule has 0 radical (unpaired) electrons. The fraction of sp³-hybridized carbons (Fsp3) is 0.381. The molecule has 3 N–H and O–H groups in total. The third kappa shape index (κ3) is 3.20. The summed E-state index contributed by atoms with van der Waals surface area (Å²) < 4.78 is 0. The number of aryl methyl sites for hydroxylation is 1. The number of hydrazine groups is 1. The molecule has 4 atom stereocenters. The molecule has 2 amide bonds. The largest absolute Gasteiger partial charge is 0.481 e. The van der Waals surface area contributed by atoms with Crippen molar-refractivity contribution in [3.05, 3.63) is 46.2 Å². The monoisotopic (exact) mass is 398 g/mol. The fourth-order valence-electron chi connectivity index (χ4n) is 4.88. The Morgan fingerprint density at radius 1 is 1.04 bits per heavy atom. The number of hydrogen-bond acceptors (Lipinski definition) is 4. The first-order valence-electron chi connectivity index (χ1n) is 9.44. The first-order chi connectivity index (χ1) is 13.5. The van der Waals surface area contributed by atoms with Crippen LogP contribution in [-0.2, 0) is 9.59 Å². The summed E-state index contributed by atoms with van der Waals surface area (Å²) in [5, 5.41) is 11.3. The number of amides is 2. The van der Waals surface area contributed by atoms with Crippen LogP contribution in [0.25, 0.3) is 11.1 Å². The number of carboxylic acid groups (broad SMARTS) is 1. The van der Waals surface area contributed by atoms with Gasteiger partial charge in [-0.05, 0) is 43.6 Å². The smallest absolute Gasteiger partial charge is 0.307 e. The highest BCUT2D eigenvalue weighted by Gasteiger charge is 2.54. The number of nitrogens with one attached hydrogen (secondary N) is 2. The number of carbonyl (C=O) groups excluding carboxylic acids is 2. The van der Waals surface area contributed by atoms with Gasteiger partial charge in [0.15, 0.2) is 0 Å². The van der Waals surface area contributed by atoms with Gasteiger partial charge in [-0.15, -0.1) is 11.3 Å². The first-order valence-corrected chi connectivity index (χ1v) is 10.3. The minimum Gasteiger partial charge on any atom is -0.481 e. The molecule has 0 aliphatic heterocycles. The Morgan fingerprint density at radius 2 is 1.71 bits per heavy atom. The summed E-state index contributed by atoms with van der Waals surface area (Å²) in [6.45, 7) is 1.95. The van der Waals surface area contributed by atoms with Crippen LogP contribution < -0.4 is 10.9 Å². The molecule has 6 nitrogen and oxygen atoms in total. The zero-order valence-corrected chi connectivity index (χ0v) is 16.3. The Balaban J connectivity index is 1.47. The van der Waals surface area contributed by atoms with Crippen LogP contribution in [0.1, 0.15) is 34.5 Å². The molecule has 0 saturated heterocycles. The molecule has 2 aromatic rings. The number of fused-ring (bicyclic) bond motifs is 2. The molecule has 28 heavy (non-hydrogen) atoms. The maximum Gasteiger partial charge on any atom is 0.307 e.